The maximum atomic E-state index is 6.16. The van der Waals surface area contributed by atoms with Crippen molar-refractivity contribution in [2.45, 2.75) is 77.8 Å². The molecule has 1 fully saturated rings. The minimum absolute atomic E-state index is 0.279. The van der Waals surface area contributed by atoms with Crippen molar-refractivity contribution < 1.29 is 0 Å². The van der Waals surface area contributed by atoms with Gasteiger partial charge in [0.05, 0.1) is 0 Å². The number of nitrogens with zero attached hydrogens (tertiary/aromatic N) is 1. The van der Waals surface area contributed by atoms with Gasteiger partial charge >= 0.3 is 0 Å². The summed E-state index contributed by atoms with van der Waals surface area (Å²) in [6, 6.07) is 0.831. The highest BCUT2D eigenvalue weighted by atomic mass is 15.3. The summed E-state index contributed by atoms with van der Waals surface area (Å²) in [5, 5.41) is 0. The maximum Gasteiger partial charge on any atom is 0.0332 e. The fourth-order valence-corrected chi connectivity index (χ4v) is 2.90. The Hall–Kier alpha value is -0.0800. The first kappa shape index (κ1) is 15.0. The van der Waals surface area contributed by atoms with E-state index in [0.717, 1.165) is 18.5 Å². The Morgan fingerprint density at radius 2 is 1.94 bits per heavy atom. The molecule has 1 unspecified atom stereocenters. The van der Waals surface area contributed by atoms with E-state index in [2.05, 4.69) is 32.6 Å². The Morgan fingerprint density at radius 1 is 1.29 bits per heavy atom. The van der Waals surface area contributed by atoms with E-state index in [1.54, 1.807) is 0 Å². The van der Waals surface area contributed by atoms with Crippen LogP contribution < -0.4 is 5.73 Å². The van der Waals surface area contributed by atoms with Crippen LogP contribution in [0, 0.1) is 5.92 Å². The monoisotopic (exact) mass is 240 g/mol. The summed E-state index contributed by atoms with van der Waals surface area (Å²) in [5.41, 5.74) is 6.44. The molecule has 2 nitrogen and oxygen atoms in total. The molecule has 0 bridgehead atoms. The third kappa shape index (κ3) is 3.96. The molecule has 102 valence electrons. The van der Waals surface area contributed by atoms with E-state index in [9.17, 15) is 0 Å². The zero-order valence-electron chi connectivity index (χ0n) is 12.3. The summed E-state index contributed by atoms with van der Waals surface area (Å²) in [6.45, 7) is 11.3. The van der Waals surface area contributed by atoms with Gasteiger partial charge in [-0.05, 0) is 31.6 Å². The van der Waals surface area contributed by atoms with Crippen LogP contribution in [-0.4, -0.2) is 29.6 Å². The summed E-state index contributed by atoms with van der Waals surface area (Å²) in [7, 11) is 0. The Bertz CT molecular complexity index is 205. The van der Waals surface area contributed by atoms with Crippen LogP contribution >= 0.6 is 0 Å². The molecular weight excluding hydrogens is 208 g/mol. The highest BCUT2D eigenvalue weighted by molar-refractivity contribution is 4.98. The van der Waals surface area contributed by atoms with Crippen LogP contribution in [0.25, 0.3) is 0 Å². The predicted octanol–water partition coefficient (Wildman–Crippen LogP) is 3.40. The lowest BCUT2D eigenvalue weighted by Gasteiger charge is -2.44. The highest BCUT2D eigenvalue weighted by Crippen LogP contribution is 2.37. The molecule has 0 aromatic heterocycles. The van der Waals surface area contributed by atoms with Crippen molar-refractivity contribution in [3.8, 4) is 0 Å². The second-order valence-corrected chi connectivity index (χ2v) is 6.16. The second kappa shape index (κ2) is 6.75. The number of unbranched alkanes of at least 4 members (excludes halogenated alkanes) is 1. The fraction of sp³-hybridized carbons (Fsp3) is 1.00. The standard InChI is InChI=1S/C15H32N2/c1-5-7-10-15(6-2,12-16)17(11-13(3)4)14-8-9-14/h13-14H,5-12,16H2,1-4H3. The van der Waals surface area contributed by atoms with Gasteiger partial charge < -0.3 is 5.73 Å². The largest absolute Gasteiger partial charge is 0.329 e. The Balaban J connectivity index is 2.74. The Morgan fingerprint density at radius 3 is 2.29 bits per heavy atom. The van der Waals surface area contributed by atoms with Crippen LogP contribution in [0.1, 0.15) is 66.2 Å². The lowest BCUT2D eigenvalue weighted by Crippen LogP contribution is -2.55. The molecule has 1 rings (SSSR count). The average molecular weight is 240 g/mol. The van der Waals surface area contributed by atoms with Crippen molar-refractivity contribution in [3.05, 3.63) is 0 Å². The van der Waals surface area contributed by atoms with Crippen LogP contribution in [0.15, 0.2) is 0 Å². The van der Waals surface area contributed by atoms with Crippen LogP contribution in [0.5, 0.6) is 0 Å². The van der Waals surface area contributed by atoms with E-state index in [-0.39, 0.29) is 5.54 Å². The van der Waals surface area contributed by atoms with E-state index in [1.165, 1.54) is 45.1 Å². The van der Waals surface area contributed by atoms with Crippen molar-refractivity contribution >= 4 is 0 Å². The average Bonchev–Trinajstić information content (AvgIpc) is 3.13. The molecule has 0 aromatic rings. The Labute approximate surface area is 108 Å². The van der Waals surface area contributed by atoms with Crippen LogP contribution in [-0.2, 0) is 0 Å². The molecule has 17 heavy (non-hydrogen) atoms. The number of rotatable bonds is 9. The molecular formula is C15H32N2. The molecule has 1 atom stereocenters. The van der Waals surface area contributed by atoms with E-state index in [4.69, 9.17) is 5.73 Å². The third-order valence-electron chi connectivity index (χ3n) is 4.19. The van der Waals surface area contributed by atoms with E-state index >= 15 is 0 Å². The van der Waals surface area contributed by atoms with Gasteiger partial charge in [-0.1, -0.05) is 40.5 Å². The summed E-state index contributed by atoms with van der Waals surface area (Å²) in [5.74, 6) is 0.745. The van der Waals surface area contributed by atoms with Crippen molar-refractivity contribution in [2.24, 2.45) is 11.7 Å². The molecule has 0 amide bonds. The molecule has 1 aliphatic carbocycles. The van der Waals surface area contributed by atoms with Gasteiger partial charge in [0.1, 0.15) is 0 Å². The van der Waals surface area contributed by atoms with Gasteiger partial charge in [-0.25, -0.2) is 0 Å². The van der Waals surface area contributed by atoms with Crippen LogP contribution in [0.3, 0.4) is 0 Å². The third-order valence-corrected chi connectivity index (χ3v) is 4.19. The second-order valence-electron chi connectivity index (χ2n) is 6.16. The van der Waals surface area contributed by atoms with Crippen LogP contribution in [0.4, 0.5) is 0 Å². The van der Waals surface area contributed by atoms with Gasteiger partial charge in [-0.2, -0.15) is 0 Å². The molecule has 0 aromatic carbocycles. The molecule has 0 aliphatic heterocycles. The van der Waals surface area contributed by atoms with Gasteiger partial charge in [0.2, 0.25) is 0 Å². The summed E-state index contributed by atoms with van der Waals surface area (Å²) >= 11 is 0. The minimum Gasteiger partial charge on any atom is -0.329 e. The van der Waals surface area contributed by atoms with Gasteiger partial charge in [-0.15, -0.1) is 0 Å². The van der Waals surface area contributed by atoms with E-state index in [1.807, 2.05) is 0 Å². The number of hydrogen-bond donors (Lipinski definition) is 1. The van der Waals surface area contributed by atoms with Crippen LogP contribution in [0.2, 0.25) is 0 Å². The molecule has 0 radical (unpaired) electrons. The molecule has 2 heteroatoms. The van der Waals surface area contributed by atoms with Gasteiger partial charge in [-0.3, -0.25) is 4.90 Å². The van der Waals surface area contributed by atoms with Gasteiger partial charge in [0, 0.05) is 24.7 Å². The zero-order valence-corrected chi connectivity index (χ0v) is 12.3. The number of hydrogen-bond acceptors (Lipinski definition) is 2. The molecule has 1 saturated carbocycles. The lowest BCUT2D eigenvalue weighted by molar-refractivity contribution is 0.0577. The molecule has 0 spiro atoms. The molecule has 0 saturated heterocycles. The van der Waals surface area contributed by atoms with E-state index < -0.39 is 0 Å². The van der Waals surface area contributed by atoms with Crippen molar-refractivity contribution in [1.82, 2.24) is 4.90 Å². The molecule has 0 heterocycles. The van der Waals surface area contributed by atoms with Gasteiger partial charge in [0.15, 0.2) is 0 Å². The summed E-state index contributed by atoms with van der Waals surface area (Å²) in [4.78, 5) is 2.76. The predicted molar refractivity (Wildman–Crippen MR) is 76.2 cm³/mol. The quantitative estimate of drug-likeness (QED) is 0.669. The highest BCUT2D eigenvalue weighted by Gasteiger charge is 2.41. The lowest BCUT2D eigenvalue weighted by atomic mass is 9.86. The first-order valence-electron chi connectivity index (χ1n) is 7.56. The summed E-state index contributed by atoms with van der Waals surface area (Å²) < 4.78 is 0. The van der Waals surface area contributed by atoms with E-state index in [0.29, 0.717) is 0 Å². The number of nitrogens with two attached hydrogens (primary N) is 1. The Kier molecular flexibility index (Phi) is 5.94. The first-order chi connectivity index (χ1) is 8.09. The molecule has 2 N–H and O–H groups in total. The zero-order chi connectivity index (χ0) is 12.9. The smallest absolute Gasteiger partial charge is 0.0332 e. The SMILES string of the molecule is CCCCC(CC)(CN)N(CC(C)C)C1CC1. The van der Waals surface area contributed by atoms with Crippen molar-refractivity contribution in [2.75, 3.05) is 13.1 Å². The van der Waals surface area contributed by atoms with Gasteiger partial charge in [0.25, 0.3) is 0 Å². The maximum absolute atomic E-state index is 6.16. The van der Waals surface area contributed by atoms with Crippen molar-refractivity contribution in [3.63, 3.8) is 0 Å². The minimum atomic E-state index is 0.279. The topological polar surface area (TPSA) is 29.3 Å². The fourth-order valence-electron chi connectivity index (χ4n) is 2.90. The first-order valence-corrected chi connectivity index (χ1v) is 7.56. The summed E-state index contributed by atoms with van der Waals surface area (Å²) in [6.07, 6.45) is 7.85. The molecule has 1 aliphatic rings. The van der Waals surface area contributed by atoms with Crippen molar-refractivity contribution in [1.29, 1.82) is 0 Å². The normalized spacial score (nSPS) is 19.9.